The number of carbonyl (C=O) groups excluding carboxylic acids is 4. The van der Waals surface area contributed by atoms with Gasteiger partial charge >= 0.3 is 189 Å². The van der Waals surface area contributed by atoms with Crippen molar-refractivity contribution in [2.75, 3.05) is 118 Å². The number of Topliss-reactive ketones (excluding diaryl/α,β-unsaturated/α-hetero) is 2. The van der Waals surface area contributed by atoms with Crippen LogP contribution in [0.2, 0.25) is 0 Å². The predicted molar refractivity (Wildman–Crippen MR) is 582 cm³/mol. The number of rotatable bonds is 37. The number of fused-ring (bicyclic) bond motifs is 3. The number of hydrogen-bond donors (Lipinski definition) is 13. The maximum atomic E-state index is 13.4. The third kappa shape index (κ3) is 33.0. The SMILES string of the molecule is C=P(C)(C)CC[C@H]1O[C@@H](c2cn(C)c(=O)n(CCC(C)C(=O)O)c2=O)[C@H](O)[C@@H]1O.C=P(C)(C)CC[C@H]1O[C@@H](c2cn(C)c(=O)n(CCC(C)C(=O)OC(=O)OCC3c4ccccc4-c4ccccc43)c2=O)[C@H](O)[C@@H]1O.C=P(C)(C)CC[C@H]1O[C@@H](n2cc(CC(C)=O)c(=O)[nH]c2=O)[C@H](O)[C@@H]1O.C=P(C)(C)CC[C@H]1O[C@@H](n2cc(CC(C)=O)c(=O)[nH]c2=O)[C@H](OC)[C@@H]1O.C=P(C)(C)CC[C@H]1O[C@@H](n2cc(ONC)c(=O)nc2[Se])[C@H](O)[C@@H]1O. The van der Waals surface area contributed by atoms with Crippen LogP contribution >= 0.6 is 34.4 Å². The Hall–Kier alpha value is -9.03. The zero-order valence-corrected chi connectivity index (χ0v) is 94.1. The minimum absolute atomic E-state index is 0.00790. The van der Waals surface area contributed by atoms with Crippen LogP contribution in [0, 0.1) is 11.8 Å². The number of carboxylic acids is 1. The van der Waals surface area contributed by atoms with E-state index in [9.17, 15) is 113 Å². The number of aryl methyl sites for hydroxylation is 2. The van der Waals surface area contributed by atoms with Gasteiger partial charge in [0.2, 0.25) is 0 Å². The number of ketones is 2. The molecule has 2 aromatic carbocycles. The van der Waals surface area contributed by atoms with Crippen molar-refractivity contribution in [3.63, 3.8) is 0 Å². The van der Waals surface area contributed by atoms with E-state index in [4.69, 9.17) is 47.8 Å². The molecule has 5 saturated heterocycles. The summed E-state index contributed by atoms with van der Waals surface area (Å²) < 4.78 is 53.1. The van der Waals surface area contributed by atoms with E-state index in [-0.39, 0.29) is 95.6 Å². The zero-order chi connectivity index (χ0) is 112. The van der Waals surface area contributed by atoms with Crippen LogP contribution < -0.4 is 65.6 Å². The molecule has 0 spiro atoms. The van der Waals surface area contributed by atoms with Crippen LogP contribution in [0.4, 0.5) is 4.79 Å². The standard InChI is InChI=1S/C34H41N2O9P.C19H31N2O7P.C17H27N2O6P.C16H25N2O6P.C14H23N3O5PSe/c1-20(32(40)45-34(42)43-19-26-23-12-8-6-10-21(23)22-11-7-9-13-24(22)26)14-16-36-31(39)25(18-35(2)33(36)41)30-29(38)28(37)27(44-30)15-17-46(3,4)5;1-11(18(25)26)6-8-21-17(24)12(10-20(2)19(21)27)16-15(23)14(22)13(28-16)7-9-29(3,4)5;1-10(20)8-11-9-19(17(23)18-15(11)22)16-14(24-2)13(21)12(25-16)6-7-26(3,4)5;1-9(19)7-10-8-18(16(23)17-14(10)22)15-13(21)12(20)11(24-15)5-6-25(2,3)4;1-15-22-9-7-17(14(24)16-12(9)20)13-11(19)10(18)8(21-13)5-6-23(2,3)4/h6-13,18,20,26-30,37-38H,3,14-17,19H2,1-2,4-5H3;10-11,13-16,22-23H,3,6-9H2,1-2,4-5H3,(H,25,26);9,12-14,16,21H,3,6-8H2,1-2,4-5H3,(H,18,22,23);8,11-13,15,20-21H,2,5-7H2,1,3-4H3,(H,17,22,23);7-8,10-11,13,15,18-19H,2,5-6H2,1,3-4H3/t20?,27-,28-,29-,30+;11?,13-,14-,15-,16+;12-,13-,14-,16-;11-,12-,13-,15-;8-,10-,11-,13-/m11111/s1. The molecule has 50 heteroatoms. The van der Waals surface area contributed by atoms with Gasteiger partial charge in [-0.15, -0.1) is 52.7 Å². The number of carboxylic acid groups (broad SMARTS) is 1. The molecule has 1 radical (unpaired) electrons. The summed E-state index contributed by atoms with van der Waals surface area (Å²) in [6.45, 7) is 19.6. The quantitative estimate of drug-likeness (QED) is 0.00847. The van der Waals surface area contributed by atoms with E-state index in [0.29, 0.717) is 32.1 Å². The number of benzene rings is 2. The molecule has 13 rings (SSSR count). The number of esters is 1. The van der Waals surface area contributed by atoms with E-state index in [1.54, 1.807) is 0 Å². The molecule has 0 amide bonds. The average Bonchev–Trinajstić information content (AvgIpc) is 1.60. The van der Waals surface area contributed by atoms with E-state index in [1.807, 2.05) is 48.5 Å². The Balaban J connectivity index is 0.000000214. The van der Waals surface area contributed by atoms with Crippen molar-refractivity contribution in [3.05, 3.63) is 207 Å². The van der Waals surface area contributed by atoms with Crippen LogP contribution in [-0.4, -0.2) is 385 Å². The maximum absolute atomic E-state index is 13.4. The first-order valence-corrected chi connectivity index (χ1v) is 64.9. The molecule has 2 unspecified atom stereocenters. The van der Waals surface area contributed by atoms with E-state index >= 15 is 0 Å². The second kappa shape index (κ2) is 52.9. The van der Waals surface area contributed by atoms with Crippen LogP contribution in [0.3, 0.4) is 0 Å². The topological polar surface area (TPSA) is 615 Å². The van der Waals surface area contributed by atoms with Crippen LogP contribution in [0.5, 0.6) is 5.75 Å². The van der Waals surface area contributed by atoms with Crippen LogP contribution in [0.1, 0.15) is 143 Å². The number of H-pyrrole nitrogens is 2. The molecule has 10 heterocycles. The van der Waals surface area contributed by atoms with E-state index in [1.165, 1.54) is 105 Å². The second-order valence-electron chi connectivity index (χ2n) is 42.3. The molecule has 831 valence electrons. The first kappa shape index (κ1) is 124. The van der Waals surface area contributed by atoms with Gasteiger partial charge in [-0.05, 0) is 153 Å². The molecule has 1 aliphatic carbocycles. The van der Waals surface area contributed by atoms with Gasteiger partial charge in [0.15, 0.2) is 12.5 Å². The summed E-state index contributed by atoms with van der Waals surface area (Å²) in [5.41, 5.74) is 1.16. The van der Waals surface area contributed by atoms with Crippen molar-refractivity contribution in [2.45, 2.75) is 227 Å². The number of aromatic nitrogens is 10. The summed E-state index contributed by atoms with van der Waals surface area (Å²) in [6, 6.07) is 15.7. The van der Waals surface area contributed by atoms with Gasteiger partial charge in [-0.3, -0.25) is 66.6 Å². The third-order valence-corrected chi connectivity index (χ3v) is 34.2. The van der Waals surface area contributed by atoms with Gasteiger partial charge in [-0.25, -0.2) is 24.0 Å². The number of aromatic amines is 2. The summed E-state index contributed by atoms with van der Waals surface area (Å²) >= 11 is 2.66. The average molecular weight is 2270 g/mol. The number of methoxy groups -OCH3 is 1. The predicted octanol–water partition coefficient (Wildman–Crippen LogP) is 0.941. The zero-order valence-electron chi connectivity index (χ0n) is 87.9. The number of carbonyl (C=O) groups is 5. The summed E-state index contributed by atoms with van der Waals surface area (Å²) in [4.78, 5) is 183. The Kier molecular flexibility index (Phi) is 43.9. The molecule has 5 fully saturated rings. The summed E-state index contributed by atoms with van der Waals surface area (Å²) in [5, 5.41) is 103. The van der Waals surface area contributed by atoms with Gasteiger partial charge < -0.3 is 83.1 Å². The Morgan fingerprint density at radius 3 is 1.21 bits per heavy atom. The summed E-state index contributed by atoms with van der Waals surface area (Å²) in [5.74, 6) is -4.09. The molecule has 0 bridgehead atoms. The van der Waals surface area contributed by atoms with Crippen molar-refractivity contribution < 1.29 is 118 Å². The normalized spacial score (nSPS) is 25.0. The Labute approximate surface area is 876 Å². The number of aliphatic hydroxyl groups is 9. The molecular weight excluding hydrogens is 2120 g/mol. The van der Waals surface area contributed by atoms with Crippen molar-refractivity contribution in [2.24, 2.45) is 25.9 Å². The second-order valence-corrected chi connectivity index (χ2v) is 64.7. The first-order chi connectivity index (χ1) is 69.8. The first-order valence-electron chi connectivity index (χ1n) is 48.8. The van der Waals surface area contributed by atoms with Gasteiger partial charge in [0.05, 0.1) is 47.4 Å². The fourth-order valence-electron chi connectivity index (χ4n) is 17.7. The monoisotopic (exact) mass is 2260 g/mol. The van der Waals surface area contributed by atoms with Crippen molar-refractivity contribution in [3.8, 4) is 16.9 Å². The Bertz CT molecular complexity index is 6790. The molecule has 6 aliphatic rings. The number of nitrogens with zero attached hydrogens (tertiary/aromatic N) is 8. The Morgan fingerprint density at radius 2 is 0.833 bits per heavy atom. The molecule has 150 heavy (non-hydrogen) atoms. The minimum atomic E-state index is -1.41. The number of hydrogen-bond acceptors (Lipinski definition) is 34. The fourth-order valence-corrected chi connectivity index (χ4v) is 23.0. The number of aliphatic carboxylic acids is 1. The molecule has 44 nitrogen and oxygen atoms in total. The molecule has 22 atom stereocenters. The third-order valence-electron chi connectivity index (χ3n) is 26.2. The van der Waals surface area contributed by atoms with Gasteiger partial charge in [0, 0.05) is 89.0 Å². The Morgan fingerprint density at radius 1 is 0.480 bits per heavy atom. The fraction of sp³-hybridized carbons (Fsp3) is 0.580. The van der Waals surface area contributed by atoms with E-state index in [0.717, 1.165) is 66.8 Å². The molecule has 7 aromatic rings. The van der Waals surface area contributed by atoms with Gasteiger partial charge in [0.25, 0.3) is 22.2 Å². The molecular formula is C100H147N11O33P5Se. The number of hydroxylamine groups is 1. The van der Waals surface area contributed by atoms with Gasteiger partial charge in [0.1, 0.15) is 79.2 Å². The van der Waals surface area contributed by atoms with Gasteiger partial charge in [-0.2, -0.15) is 0 Å². The molecule has 0 saturated carbocycles. The van der Waals surface area contributed by atoms with E-state index in [2.05, 4.69) is 135 Å². The van der Waals surface area contributed by atoms with Crippen LogP contribution in [-0.2, 0) is 97.1 Å². The number of aliphatic hydroxyl groups excluding tert-OH is 9. The van der Waals surface area contributed by atoms with Crippen molar-refractivity contribution in [1.82, 2.24) is 52.4 Å². The molecule has 5 aliphatic heterocycles. The van der Waals surface area contributed by atoms with Crippen molar-refractivity contribution in [1.29, 1.82) is 0 Å². The number of nitrogens with one attached hydrogen (secondary N) is 3. The van der Waals surface area contributed by atoms with Crippen molar-refractivity contribution >= 4 is 116 Å². The van der Waals surface area contributed by atoms with Crippen LogP contribution in [0.25, 0.3) is 11.1 Å². The van der Waals surface area contributed by atoms with Crippen LogP contribution in [0.15, 0.2) is 123 Å². The van der Waals surface area contributed by atoms with Gasteiger partial charge in [-0.1, -0.05) is 62.4 Å². The van der Waals surface area contributed by atoms with E-state index < -0.39 is 237 Å². The number of ether oxygens (including phenoxy) is 8. The molecule has 5 aromatic heterocycles. The molecule has 13 N–H and O–H groups in total. The summed E-state index contributed by atoms with van der Waals surface area (Å²) in [6.07, 6.45) is 13.3. The summed E-state index contributed by atoms with van der Waals surface area (Å²) in [7, 11) is 5.87.